The molecule has 0 saturated heterocycles. The Morgan fingerprint density at radius 1 is 0.455 bits per heavy atom. The summed E-state index contributed by atoms with van der Waals surface area (Å²) in [5, 5.41) is 0. The van der Waals surface area contributed by atoms with E-state index in [4.69, 9.17) is 9.97 Å². The van der Waals surface area contributed by atoms with Crippen LogP contribution in [0, 0.1) is 20.8 Å². The van der Waals surface area contributed by atoms with Crippen LogP contribution >= 0.6 is 46.6 Å². The second-order valence-electron chi connectivity index (χ2n) is 14.4. The summed E-state index contributed by atoms with van der Waals surface area (Å²) in [6.07, 6.45) is 7.94. The molecule has 6 bridgehead atoms. The molecule has 0 radical (unpaired) electrons. The zero-order chi connectivity index (χ0) is 38.2. The van der Waals surface area contributed by atoms with E-state index in [1.807, 2.05) is 0 Å². The van der Waals surface area contributed by atoms with E-state index >= 15 is 0 Å². The Kier molecular flexibility index (Phi) is 11.0. The lowest BCUT2D eigenvalue weighted by Gasteiger charge is -2.15. The summed E-state index contributed by atoms with van der Waals surface area (Å²) in [6, 6.07) is 39.0. The van der Waals surface area contributed by atoms with E-state index in [0.717, 1.165) is 91.0 Å². The van der Waals surface area contributed by atoms with Crippen LogP contribution in [0.4, 0.5) is 0 Å². The van der Waals surface area contributed by atoms with Crippen LogP contribution in [0.1, 0.15) is 50.9 Å². The monoisotopic (exact) mass is 789 g/mol. The lowest BCUT2D eigenvalue weighted by atomic mass is 9.96. The van der Waals surface area contributed by atoms with Crippen molar-refractivity contribution in [2.24, 2.45) is 0 Å². The largest absolute Gasteiger partial charge is 0.329 e. The molecule has 4 aromatic carbocycles. The number of rotatable bonds is 5. The van der Waals surface area contributed by atoms with Crippen LogP contribution in [0.3, 0.4) is 0 Å². The predicted molar refractivity (Wildman–Crippen MR) is 244 cm³/mol. The number of hydrogen-bond acceptors (Lipinski definition) is 5. The molecule has 0 aliphatic carbocycles. The molecule has 3 aliphatic rings. The Morgan fingerprint density at radius 2 is 0.855 bits per heavy atom. The fourth-order valence-electron chi connectivity index (χ4n) is 8.06. The highest BCUT2D eigenvalue weighted by molar-refractivity contribution is 7.80. The lowest BCUT2D eigenvalue weighted by molar-refractivity contribution is 1.00. The van der Waals surface area contributed by atoms with E-state index in [2.05, 4.69) is 191 Å². The summed E-state index contributed by atoms with van der Waals surface area (Å²) < 4.78 is 2.57. The topological polar surface area (TPSA) is 30.7 Å². The van der Waals surface area contributed by atoms with Crippen LogP contribution in [0.2, 0.25) is 0 Å². The molecule has 8 rings (SSSR count). The molecule has 5 aromatic rings. The molecule has 0 saturated carbocycles. The van der Waals surface area contributed by atoms with Gasteiger partial charge in [0.25, 0.3) is 0 Å². The quantitative estimate of drug-likeness (QED) is 0.120. The van der Waals surface area contributed by atoms with E-state index in [0.29, 0.717) is 8.73 Å². The number of benzene rings is 4. The second-order valence-corrected chi connectivity index (χ2v) is 16.8. The predicted octanol–water partition coefficient (Wildman–Crippen LogP) is 12.9. The number of fused-ring (bicyclic) bond motifs is 6. The van der Waals surface area contributed by atoms with Crippen LogP contribution in [0.25, 0.3) is 56.7 Å². The Balaban J connectivity index is 1.58. The molecule has 0 spiro atoms. The van der Waals surface area contributed by atoms with Crippen LogP contribution in [0.15, 0.2) is 124 Å². The third kappa shape index (κ3) is 7.63. The molecule has 0 amide bonds. The van der Waals surface area contributed by atoms with Crippen LogP contribution < -0.4 is 0 Å². The number of hydrogen-bond donors (Lipinski definition) is 3. The zero-order valence-electron chi connectivity index (χ0n) is 31.6. The van der Waals surface area contributed by atoms with Gasteiger partial charge in [0.15, 0.2) is 0 Å². The van der Waals surface area contributed by atoms with Gasteiger partial charge in [-0.15, -0.1) is 37.9 Å². The maximum Gasteiger partial charge on any atom is 0.0734 e. The van der Waals surface area contributed by atoms with E-state index in [1.165, 1.54) is 44.8 Å². The highest BCUT2D eigenvalue weighted by Crippen LogP contribution is 2.41. The van der Waals surface area contributed by atoms with Crippen molar-refractivity contribution in [3.8, 4) is 44.5 Å². The highest BCUT2D eigenvalue weighted by atomic mass is 32.1. The van der Waals surface area contributed by atoms with Crippen LogP contribution in [0.5, 0.6) is 0 Å². The van der Waals surface area contributed by atoms with Gasteiger partial charge < -0.3 is 4.34 Å². The Bertz CT molecular complexity index is 2550. The first-order valence-electron chi connectivity index (χ1n) is 18.8. The first-order valence-corrected chi connectivity index (χ1v) is 21.5. The van der Waals surface area contributed by atoms with Crippen molar-refractivity contribution >= 4 is 58.8 Å². The molecule has 0 N–H and O–H groups in total. The third-order valence-electron chi connectivity index (χ3n) is 10.7. The Hall–Kier alpha value is -4.32. The molecule has 274 valence electrons. The fraction of sp³-hybridized carbons (Fsp3) is 0.167. The molecular weight excluding hydrogens is 746 g/mol. The minimum absolute atomic E-state index is 0.511. The molecule has 1 aromatic heterocycles. The molecule has 1 unspecified atom stereocenters. The summed E-state index contributed by atoms with van der Waals surface area (Å²) in [7, 11) is 0.511. The summed E-state index contributed by atoms with van der Waals surface area (Å²) in [4.78, 5) is 13.9. The number of aromatic nitrogens is 3. The van der Waals surface area contributed by atoms with Crippen molar-refractivity contribution in [2.75, 3.05) is 6.66 Å². The number of nitrogens with zero attached hydrogens (tertiary/aromatic N) is 3. The molecule has 4 heterocycles. The average molecular weight is 790 g/mol. The summed E-state index contributed by atoms with van der Waals surface area (Å²) in [5.41, 5.74) is 19.7. The smallest absolute Gasteiger partial charge is 0.0734 e. The van der Waals surface area contributed by atoms with E-state index in [-0.39, 0.29) is 0 Å². The molecule has 1 atom stereocenters. The Labute approximate surface area is 343 Å². The van der Waals surface area contributed by atoms with Crippen molar-refractivity contribution in [3.05, 3.63) is 160 Å². The van der Waals surface area contributed by atoms with Gasteiger partial charge in [-0.2, -0.15) is 0 Å². The Morgan fingerprint density at radius 3 is 1.38 bits per heavy atom. The highest BCUT2D eigenvalue weighted by Gasteiger charge is 2.26. The maximum atomic E-state index is 5.59. The second kappa shape index (κ2) is 16.0. The lowest BCUT2D eigenvalue weighted by Crippen LogP contribution is -1.99. The van der Waals surface area contributed by atoms with Gasteiger partial charge in [0.2, 0.25) is 0 Å². The summed E-state index contributed by atoms with van der Waals surface area (Å²) in [5.74, 6) is 0. The normalized spacial score (nSPS) is 12.9. The maximum absolute atomic E-state index is 5.59. The SMILES string of the molecule is CPn1c2c(-c3ccc(S)cc3)c3nc(c(-c4ccc(C)cc4)c(C)ccc(C)c(-c4ccc(S)cc4)c4nc(c(-c5ccc(S)cc5)c1CC2)CC4)C=C3. The summed E-state index contributed by atoms with van der Waals surface area (Å²) >= 11 is 13.9. The molecule has 3 aliphatic heterocycles. The first-order chi connectivity index (χ1) is 26.7. The van der Waals surface area contributed by atoms with Gasteiger partial charge >= 0.3 is 0 Å². The van der Waals surface area contributed by atoms with Gasteiger partial charge in [-0.05, 0) is 144 Å². The third-order valence-corrected chi connectivity index (χ3v) is 12.6. The van der Waals surface area contributed by atoms with Crippen molar-refractivity contribution in [1.29, 1.82) is 0 Å². The summed E-state index contributed by atoms with van der Waals surface area (Å²) in [6.45, 7) is 8.84. The minimum atomic E-state index is 0.511. The molecule has 3 nitrogen and oxygen atoms in total. The zero-order valence-corrected chi connectivity index (χ0v) is 35.2. The van der Waals surface area contributed by atoms with E-state index in [1.54, 1.807) is 0 Å². The van der Waals surface area contributed by atoms with Crippen molar-refractivity contribution in [2.45, 2.75) is 61.1 Å². The number of aryl methyl sites for hydroxylation is 5. The molecule has 55 heavy (non-hydrogen) atoms. The van der Waals surface area contributed by atoms with Gasteiger partial charge in [-0.25, -0.2) is 4.98 Å². The van der Waals surface area contributed by atoms with Gasteiger partial charge in [0, 0.05) is 54.0 Å². The molecule has 0 fully saturated rings. The van der Waals surface area contributed by atoms with Gasteiger partial charge in [-0.1, -0.05) is 78.4 Å². The van der Waals surface area contributed by atoms with Crippen molar-refractivity contribution < 1.29 is 0 Å². The first kappa shape index (κ1) is 37.6. The van der Waals surface area contributed by atoms with Crippen LogP contribution in [-0.4, -0.2) is 21.0 Å². The number of thiol groups is 3. The van der Waals surface area contributed by atoms with Gasteiger partial charge in [0.05, 0.1) is 17.1 Å². The standard InChI is InChI=1S/C48H44N3PS3/c1-29-5-9-32(10-6-29)45-30(2)7-8-31(3)46(33-11-17-36(53)18-12-33)40-24-26-42(50-40)48(35-15-21-38(55)22-16-35)44-28-27-43(51(44)52-4)47(41-25-23-39(45)49-41)34-13-19-37(54)20-14-34/h5-23,25,52-55H,24,26-28H2,1-4H3. The van der Waals surface area contributed by atoms with Gasteiger partial charge in [-0.3, -0.25) is 4.98 Å². The van der Waals surface area contributed by atoms with E-state index < -0.39 is 0 Å². The van der Waals surface area contributed by atoms with Crippen molar-refractivity contribution in [3.63, 3.8) is 0 Å². The molecular formula is C48H44N3PS3. The van der Waals surface area contributed by atoms with E-state index in [9.17, 15) is 0 Å². The average Bonchev–Trinajstić information content (AvgIpc) is 3.96. The minimum Gasteiger partial charge on any atom is -0.329 e. The van der Waals surface area contributed by atoms with Crippen molar-refractivity contribution in [1.82, 2.24) is 14.3 Å². The van der Waals surface area contributed by atoms with Crippen LogP contribution in [-0.2, 0) is 25.7 Å². The fourth-order valence-corrected chi connectivity index (χ4v) is 9.50. The molecule has 7 heteroatoms. The van der Waals surface area contributed by atoms with Gasteiger partial charge in [0.1, 0.15) is 0 Å².